The molecule has 0 radical (unpaired) electrons. The summed E-state index contributed by atoms with van der Waals surface area (Å²) in [5.74, 6) is 0.249. The first kappa shape index (κ1) is 11.3. The third-order valence-corrected chi connectivity index (χ3v) is 2.81. The average Bonchev–Trinajstić information content (AvgIpc) is 2.71. The molecule has 0 aliphatic carbocycles. The van der Waals surface area contributed by atoms with Crippen LogP contribution in [0, 0.1) is 5.82 Å². The van der Waals surface area contributed by atoms with Crippen LogP contribution in [0.2, 0.25) is 0 Å². The Labute approximate surface area is 100 Å². The van der Waals surface area contributed by atoms with Gasteiger partial charge in [0, 0.05) is 22.5 Å². The highest BCUT2D eigenvalue weighted by Gasteiger charge is 2.10. The van der Waals surface area contributed by atoms with Gasteiger partial charge in [-0.2, -0.15) is 0 Å². The fourth-order valence-electron chi connectivity index (χ4n) is 1.36. The van der Waals surface area contributed by atoms with E-state index in [1.54, 1.807) is 12.1 Å². The van der Waals surface area contributed by atoms with Crippen molar-refractivity contribution in [2.45, 2.75) is 6.42 Å². The lowest BCUT2D eigenvalue weighted by Gasteiger charge is -1.99. The van der Waals surface area contributed by atoms with Gasteiger partial charge in [-0.25, -0.2) is 4.39 Å². The summed E-state index contributed by atoms with van der Waals surface area (Å²) in [6.45, 7) is -0.00104. The van der Waals surface area contributed by atoms with E-state index in [0.717, 1.165) is 4.47 Å². The maximum Gasteiger partial charge on any atom is 0.139 e. The molecule has 16 heavy (non-hydrogen) atoms. The minimum atomic E-state index is -0.329. The van der Waals surface area contributed by atoms with Gasteiger partial charge < -0.3 is 9.63 Å². The first-order valence-corrected chi connectivity index (χ1v) is 5.52. The van der Waals surface area contributed by atoms with Crippen LogP contribution < -0.4 is 0 Å². The Bertz CT molecular complexity index is 498. The van der Waals surface area contributed by atoms with E-state index in [1.165, 1.54) is 12.1 Å². The molecular weight excluding hydrogens is 277 g/mol. The minimum absolute atomic E-state index is 0.00104. The Morgan fingerprint density at radius 1 is 1.38 bits per heavy atom. The summed E-state index contributed by atoms with van der Waals surface area (Å²) >= 11 is 3.32. The van der Waals surface area contributed by atoms with Gasteiger partial charge in [-0.3, -0.25) is 0 Å². The predicted molar refractivity (Wildman–Crippen MR) is 60.4 cm³/mol. The highest BCUT2D eigenvalue weighted by molar-refractivity contribution is 9.10. The number of hydrogen-bond acceptors (Lipinski definition) is 3. The van der Waals surface area contributed by atoms with Gasteiger partial charge >= 0.3 is 0 Å². The number of aliphatic hydroxyl groups excluding tert-OH is 1. The molecule has 2 aromatic rings. The molecule has 84 valence electrons. The topological polar surface area (TPSA) is 46.3 Å². The van der Waals surface area contributed by atoms with Crippen LogP contribution in [0.3, 0.4) is 0 Å². The summed E-state index contributed by atoms with van der Waals surface area (Å²) in [4.78, 5) is 0. The minimum Gasteiger partial charge on any atom is -0.396 e. The van der Waals surface area contributed by atoms with Crippen molar-refractivity contribution in [1.82, 2.24) is 5.16 Å². The van der Waals surface area contributed by atoms with Crippen LogP contribution in [0.5, 0.6) is 0 Å². The molecule has 0 aliphatic rings. The molecular formula is C11H9BrFNO2. The first-order valence-electron chi connectivity index (χ1n) is 4.72. The number of aromatic nitrogens is 1. The summed E-state index contributed by atoms with van der Waals surface area (Å²) in [7, 11) is 0. The second-order valence-electron chi connectivity index (χ2n) is 3.28. The smallest absolute Gasteiger partial charge is 0.139 e. The molecule has 0 fully saturated rings. The third-order valence-electron chi connectivity index (χ3n) is 2.12. The summed E-state index contributed by atoms with van der Waals surface area (Å²) in [5, 5.41) is 12.6. The van der Waals surface area contributed by atoms with E-state index >= 15 is 0 Å². The fourth-order valence-corrected chi connectivity index (χ4v) is 1.81. The van der Waals surface area contributed by atoms with Gasteiger partial charge in [0.1, 0.15) is 17.3 Å². The van der Waals surface area contributed by atoms with E-state index in [2.05, 4.69) is 21.1 Å². The van der Waals surface area contributed by atoms with Crippen LogP contribution in [0.25, 0.3) is 11.3 Å². The molecule has 1 aromatic heterocycles. The Kier molecular flexibility index (Phi) is 3.36. The van der Waals surface area contributed by atoms with Gasteiger partial charge in [0.05, 0.1) is 6.61 Å². The van der Waals surface area contributed by atoms with Crippen molar-refractivity contribution in [2.75, 3.05) is 6.61 Å². The summed E-state index contributed by atoms with van der Waals surface area (Å²) in [6.07, 6.45) is 0.403. The van der Waals surface area contributed by atoms with Crippen molar-refractivity contribution in [3.63, 3.8) is 0 Å². The van der Waals surface area contributed by atoms with Crippen LogP contribution >= 0.6 is 15.9 Å². The number of nitrogens with zero attached hydrogens (tertiary/aromatic N) is 1. The van der Waals surface area contributed by atoms with Crippen LogP contribution in [0.15, 0.2) is 33.3 Å². The zero-order valence-electron chi connectivity index (χ0n) is 8.28. The van der Waals surface area contributed by atoms with Crippen molar-refractivity contribution in [2.24, 2.45) is 0 Å². The van der Waals surface area contributed by atoms with Crippen molar-refractivity contribution in [3.8, 4) is 11.3 Å². The van der Waals surface area contributed by atoms with Gasteiger partial charge in [-0.15, -0.1) is 0 Å². The highest BCUT2D eigenvalue weighted by Crippen LogP contribution is 2.28. The summed E-state index contributed by atoms with van der Waals surface area (Å²) < 4.78 is 18.8. The van der Waals surface area contributed by atoms with E-state index in [1.807, 2.05) is 0 Å². The van der Waals surface area contributed by atoms with E-state index < -0.39 is 0 Å². The zero-order valence-corrected chi connectivity index (χ0v) is 9.87. The number of hydrogen-bond donors (Lipinski definition) is 1. The van der Waals surface area contributed by atoms with Gasteiger partial charge in [0.15, 0.2) is 0 Å². The van der Waals surface area contributed by atoms with Crippen LogP contribution in [-0.4, -0.2) is 16.9 Å². The quantitative estimate of drug-likeness (QED) is 0.943. The molecule has 0 saturated carbocycles. The molecule has 0 aliphatic heterocycles. The van der Waals surface area contributed by atoms with Crippen molar-refractivity contribution in [3.05, 3.63) is 40.3 Å². The molecule has 0 amide bonds. The third kappa shape index (κ3) is 2.31. The summed E-state index contributed by atoms with van der Waals surface area (Å²) in [6, 6.07) is 6.05. The highest BCUT2D eigenvalue weighted by atomic mass is 79.9. The number of halogens is 2. The molecule has 1 heterocycles. The van der Waals surface area contributed by atoms with Crippen molar-refractivity contribution in [1.29, 1.82) is 0 Å². The van der Waals surface area contributed by atoms with Gasteiger partial charge in [0.25, 0.3) is 0 Å². The van der Waals surface area contributed by atoms with E-state index in [0.29, 0.717) is 23.4 Å². The van der Waals surface area contributed by atoms with Crippen LogP contribution in [-0.2, 0) is 6.42 Å². The Morgan fingerprint density at radius 3 is 2.94 bits per heavy atom. The lowest BCUT2D eigenvalue weighted by Crippen LogP contribution is -1.86. The normalized spacial score (nSPS) is 10.7. The average molecular weight is 286 g/mol. The molecule has 1 aromatic carbocycles. The molecule has 0 spiro atoms. The predicted octanol–water partition coefficient (Wildman–Crippen LogP) is 2.78. The second kappa shape index (κ2) is 4.76. The first-order chi connectivity index (χ1) is 7.70. The van der Waals surface area contributed by atoms with E-state index in [-0.39, 0.29) is 12.4 Å². The largest absolute Gasteiger partial charge is 0.396 e. The zero-order chi connectivity index (χ0) is 11.5. The maximum atomic E-state index is 13.1. The monoisotopic (exact) mass is 285 g/mol. The van der Waals surface area contributed by atoms with E-state index in [4.69, 9.17) is 9.63 Å². The lowest BCUT2D eigenvalue weighted by molar-refractivity contribution is 0.277. The molecule has 5 heteroatoms. The van der Waals surface area contributed by atoms with Crippen LogP contribution in [0.4, 0.5) is 4.39 Å². The lowest BCUT2D eigenvalue weighted by atomic mass is 10.1. The number of aliphatic hydroxyl groups is 1. The fraction of sp³-hybridized carbons (Fsp3) is 0.182. The Morgan fingerprint density at radius 2 is 2.19 bits per heavy atom. The van der Waals surface area contributed by atoms with Gasteiger partial charge in [0.2, 0.25) is 0 Å². The number of rotatable bonds is 3. The molecule has 0 saturated heterocycles. The SMILES string of the molecule is OCCc1cc(-c2cc(F)ccc2Br)no1. The Balaban J connectivity index is 2.38. The molecule has 1 N–H and O–H groups in total. The van der Waals surface area contributed by atoms with Crippen molar-refractivity contribution < 1.29 is 14.0 Å². The maximum absolute atomic E-state index is 13.1. The summed E-state index contributed by atoms with van der Waals surface area (Å²) in [5.41, 5.74) is 1.18. The standard InChI is InChI=1S/C11H9BrFNO2/c12-10-2-1-7(13)5-9(10)11-6-8(3-4-15)16-14-11/h1-2,5-6,15H,3-4H2. The number of benzene rings is 1. The second-order valence-corrected chi connectivity index (χ2v) is 4.13. The molecule has 0 atom stereocenters. The van der Waals surface area contributed by atoms with Gasteiger partial charge in [-0.05, 0) is 18.2 Å². The molecule has 0 bridgehead atoms. The van der Waals surface area contributed by atoms with Crippen molar-refractivity contribution >= 4 is 15.9 Å². The molecule has 0 unspecified atom stereocenters. The Hall–Kier alpha value is -1.20. The van der Waals surface area contributed by atoms with E-state index in [9.17, 15) is 4.39 Å². The molecule has 3 nitrogen and oxygen atoms in total. The van der Waals surface area contributed by atoms with Crippen LogP contribution in [0.1, 0.15) is 5.76 Å². The molecule has 2 rings (SSSR count). The van der Waals surface area contributed by atoms with Gasteiger partial charge in [-0.1, -0.05) is 21.1 Å².